The summed E-state index contributed by atoms with van der Waals surface area (Å²) in [4.78, 5) is 8.74. The first kappa shape index (κ1) is 37.1. The van der Waals surface area contributed by atoms with Crippen LogP contribution in [0.4, 0.5) is 22.7 Å². The van der Waals surface area contributed by atoms with Crippen molar-refractivity contribution in [2.45, 2.75) is 45.4 Å². The third kappa shape index (κ3) is 6.84. The summed E-state index contributed by atoms with van der Waals surface area (Å²) in [5.74, 6) is 2.57. The number of fused-ring (bicyclic) bond motifs is 4. The van der Waals surface area contributed by atoms with Crippen molar-refractivity contribution in [1.29, 1.82) is 0 Å². The maximum absolute atomic E-state index is 6.70. The minimum absolute atomic E-state index is 0. The fourth-order valence-corrected chi connectivity index (χ4v) is 7.35. The van der Waals surface area contributed by atoms with Crippen LogP contribution in [0, 0.1) is 18.8 Å². The molecule has 0 amide bonds. The van der Waals surface area contributed by atoms with Gasteiger partial charge in [-0.2, -0.15) is 6.07 Å². The van der Waals surface area contributed by atoms with Gasteiger partial charge in [-0.3, -0.25) is 4.98 Å². The minimum atomic E-state index is -0.358. The molecule has 1 aliphatic heterocycles. The van der Waals surface area contributed by atoms with Gasteiger partial charge in [0.1, 0.15) is 17.1 Å². The van der Waals surface area contributed by atoms with E-state index in [-0.39, 0.29) is 31.9 Å². The second-order valence-corrected chi connectivity index (χ2v) is 15.4. The fourth-order valence-electron chi connectivity index (χ4n) is 7.35. The summed E-state index contributed by atoms with van der Waals surface area (Å²) in [5.41, 5.74) is 8.08. The second-order valence-electron chi connectivity index (χ2n) is 15.4. The number of hydrogen-bond acceptors (Lipinski definition) is 6. The van der Waals surface area contributed by atoms with E-state index in [1.54, 1.807) is 6.20 Å². The van der Waals surface area contributed by atoms with Crippen LogP contribution >= 0.6 is 0 Å². The first-order valence-corrected chi connectivity index (χ1v) is 18.5. The van der Waals surface area contributed by atoms with E-state index in [0.29, 0.717) is 17.1 Å². The Labute approximate surface area is 342 Å². The zero-order valence-electron chi connectivity index (χ0n) is 31.8. The van der Waals surface area contributed by atoms with Gasteiger partial charge in [-0.05, 0) is 58.2 Å². The summed E-state index contributed by atoms with van der Waals surface area (Å²) in [5, 5.41) is 2.05. The number of pyridine rings is 1. The number of furan rings is 1. The van der Waals surface area contributed by atoms with Crippen LogP contribution in [-0.2, 0) is 31.9 Å². The van der Waals surface area contributed by atoms with Crippen LogP contribution in [0.15, 0.2) is 150 Å². The quantitative estimate of drug-likeness (QED) is 0.142. The van der Waals surface area contributed by atoms with Crippen molar-refractivity contribution >= 4 is 44.7 Å². The van der Waals surface area contributed by atoms with E-state index in [9.17, 15) is 0 Å². The number of nitrogens with zero attached hydrogens (tertiary/aromatic N) is 3. The van der Waals surface area contributed by atoms with E-state index in [1.807, 2.05) is 66.9 Å². The van der Waals surface area contributed by atoms with E-state index in [1.165, 1.54) is 5.56 Å². The molecule has 7 heteroatoms. The van der Waals surface area contributed by atoms with Crippen molar-refractivity contribution in [1.82, 2.24) is 4.98 Å². The zero-order valence-corrected chi connectivity index (χ0v) is 34.1. The van der Waals surface area contributed by atoms with Crippen molar-refractivity contribution in [3.8, 4) is 23.0 Å². The summed E-state index contributed by atoms with van der Waals surface area (Å²) >= 11 is 0. The number of para-hydroxylation sites is 5. The van der Waals surface area contributed by atoms with Crippen LogP contribution < -0.4 is 19.3 Å². The number of hydrogen-bond donors (Lipinski definition) is 0. The molecule has 8 aromatic rings. The Hall–Kier alpha value is -5.84. The second kappa shape index (κ2) is 14.7. The van der Waals surface area contributed by atoms with Crippen LogP contribution in [0.2, 0.25) is 0 Å². The summed E-state index contributed by atoms with van der Waals surface area (Å²) in [6.45, 7) is 13.1. The standard InChI is InChI=1S/C49H40N3O3.Pt/c1-48(2,3)40-25-26-50-31-47(40)55-45-22-14-12-20-43(45)52-32-51(41-18-10-11-19-42(41)52)35-27-34(49(4,5)33-15-7-6-8-16-33)28-37(29-35)53-36-23-24-39-38-17-9-13-21-44(38)54-46(39)30-36;/h6-28,31-32H,1-5H3;/q-3;. The molecule has 0 unspecified atom stereocenters. The summed E-state index contributed by atoms with van der Waals surface area (Å²) in [7, 11) is 0. The maximum Gasteiger partial charge on any atom is 0.149 e. The first-order valence-electron chi connectivity index (χ1n) is 18.5. The van der Waals surface area contributed by atoms with Crippen LogP contribution in [0.5, 0.6) is 23.0 Å². The number of anilines is 4. The van der Waals surface area contributed by atoms with Gasteiger partial charge >= 0.3 is 0 Å². The minimum Gasteiger partial charge on any atom is -0.509 e. The largest absolute Gasteiger partial charge is 0.509 e. The van der Waals surface area contributed by atoms with Crippen molar-refractivity contribution < 1.29 is 35.0 Å². The number of rotatable bonds is 8. The normalized spacial score (nSPS) is 12.8. The van der Waals surface area contributed by atoms with E-state index in [0.717, 1.165) is 61.7 Å². The van der Waals surface area contributed by atoms with Gasteiger partial charge in [0.25, 0.3) is 0 Å². The number of benzene rings is 6. The molecule has 6 nitrogen and oxygen atoms in total. The smallest absolute Gasteiger partial charge is 0.149 e. The molecule has 2 aromatic heterocycles. The molecule has 3 heterocycles. The van der Waals surface area contributed by atoms with Gasteiger partial charge in [0.15, 0.2) is 0 Å². The van der Waals surface area contributed by atoms with Crippen LogP contribution in [0.3, 0.4) is 0 Å². The Kier molecular flexibility index (Phi) is 9.72. The molecule has 56 heavy (non-hydrogen) atoms. The van der Waals surface area contributed by atoms with Crippen LogP contribution in [0.25, 0.3) is 21.9 Å². The molecule has 1 aliphatic rings. The molecule has 0 bridgehead atoms. The number of aromatic nitrogens is 1. The van der Waals surface area contributed by atoms with Crippen molar-refractivity contribution in [2.75, 3.05) is 9.80 Å². The molecular weight excluding hydrogens is 874 g/mol. The van der Waals surface area contributed by atoms with Gasteiger partial charge in [-0.15, -0.1) is 42.2 Å². The Balaban J connectivity index is 0.00000441. The van der Waals surface area contributed by atoms with Crippen LogP contribution in [0.1, 0.15) is 51.3 Å². The molecule has 282 valence electrons. The zero-order chi connectivity index (χ0) is 37.7. The Morgan fingerprint density at radius 1 is 0.607 bits per heavy atom. The van der Waals surface area contributed by atoms with Crippen LogP contribution in [-0.4, -0.2) is 4.98 Å². The molecule has 0 atom stereocenters. The Morgan fingerprint density at radius 2 is 1.30 bits per heavy atom. The summed E-state index contributed by atoms with van der Waals surface area (Å²) in [6.07, 6.45) is 3.61. The van der Waals surface area contributed by atoms with E-state index in [2.05, 4.69) is 141 Å². The van der Waals surface area contributed by atoms with Crippen molar-refractivity contribution in [2.24, 2.45) is 0 Å². The predicted octanol–water partition coefficient (Wildman–Crippen LogP) is 13.2. The van der Waals surface area contributed by atoms with Crippen molar-refractivity contribution in [3.05, 3.63) is 181 Å². The van der Waals surface area contributed by atoms with Gasteiger partial charge in [0.2, 0.25) is 0 Å². The van der Waals surface area contributed by atoms with Gasteiger partial charge in [-0.1, -0.05) is 119 Å². The summed E-state index contributed by atoms with van der Waals surface area (Å²) < 4.78 is 19.5. The molecule has 9 rings (SSSR count). The fraction of sp³-hybridized carbons (Fsp3) is 0.143. The molecule has 0 aliphatic carbocycles. The summed E-state index contributed by atoms with van der Waals surface area (Å²) in [6, 6.07) is 52.3. The molecule has 6 aromatic carbocycles. The van der Waals surface area contributed by atoms with Crippen molar-refractivity contribution in [3.63, 3.8) is 0 Å². The van der Waals surface area contributed by atoms with Gasteiger partial charge in [0, 0.05) is 61.3 Å². The third-order valence-electron chi connectivity index (χ3n) is 10.4. The van der Waals surface area contributed by atoms with E-state index < -0.39 is 0 Å². The van der Waals surface area contributed by atoms with Gasteiger partial charge in [0.05, 0.1) is 11.9 Å². The SMILES string of the molecule is CC(C)(C)c1ccncc1Oc1ccccc1N1[CH-]N(c2[c-]c(Oc3[c-]c4oc5ccccc5c4cc3)cc(C(C)(C)c3ccccc3)c2)c2ccccc21.[Pt]. The maximum atomic E-state index is 6.70. The number of ether oxygens (including phenoxy) is 2. The average Bonchev–Trinajstić information content (AvgIpc) is 3.77. The molecular formula is C49H40N3O3Pt-3. The topological polar surface area (TPSA) is 51.0 Å². The third-order valence-corrected chi connectivity index (χ3v) is 10.4. The molecule has 0 radical (unpaired) electrons. The molecule has 0 N–H and O–H groups in total. The molecule has 0 saturated carbocycles. The van der Waals surface area contributed by atoms with E-state index >= 15 is 0 Å². The molecule has 0 spiro atoms. The predicted molar refractivity (Wildman–Crippen MR) is 221 cm³/mol. The average molecular weight is 914 g/mol. The monoisotopic (exact) mass is 913 g/mol. The first-order chi connectivity index (χ1) is 26.6. The molecule has 0 saturated heterocycles. The van der Waals surface area contributed by atoms with Gasteiger partial charge < -0.3 is 23.7 Å². The molecule has 0 fully saturated rings. The Bertz CT molecular complexity index is 2680. The van der Waals surface area contributed by atoms with E-state index in [4.69, 9.17) is 13.9 Å². The Morgan fingerprint density at radius 3 is 2.09 bits per heavy atom. The van der Waals surface area contributed by atoms with Gasteiger partial charge in [-0.25, -0.2) is 0 Å².